The summed E-state index contributed by atoms with van der Waals surface area (Å²) in [6, 6.07) is 17.8. The lowest BCUT2D eigenvalue weighted by molar-refractivity contribution is -0.436. The van der Waals surface area contributed by atoms with Crippen LogP contribution in [-0.2, 0) is 5.41 Å². The molecule has 0 radical (unpaired) electrons. The Morgan fingerprint density at radius 3 is 2.56 bits per heavy atom. The molecule has 0 saturated heterocycles. The van der Waals surface area contributed by atoms with Crippen LogP contribution in [0.5, 0.6) is 5.88 Å². The summed E-state index contributed by atoms with van der Waals surface area (Å²) in [5.41, 5.74) is 0.326. The van der Waals surface area contributed by atoms with Gasteiger partial charge in [-0.25, -0.2) is 4.68 Å². The first-order valence-electron chi connectivity index (χ1n) is 11.5. The van der Waals surface area contributed by atoms with Gasteiger partial charge < -0.3 is 10.1 Å². The maximum atomic E-state index is 14.4. The summed E-state index contributed by atoms with van der Waals surface area (Å²) >= 11 is 6.26. The number of carbonyl (C=O) groups is 1. The van der Waals surface area contributed by atoms with E-state index in [-0.39, 0.29) is 29.3 Å². The molecule has 1 atom stereocenters. The summed E-state index contributed by atoms with van der Waals surface area (Å²) in [4.78, 5) is 26.7. The number of carbonyl (C=O) groups excluding carboxylic acids is 1. The molecule has 0 amide bonds. The van der Waals surface area contributed by atoms with Crippen molar-refractivity contribution in [3.05, 3.63) is 110 Å². The van der Waals surface area contributed by atoms with Gasteiger partial charge in [-0.15, -0.1) is 0 Å². The summed E-state index contributed by atoms with van der Waals surface area (Å²) in [7, 11) is 0. The highest BCUT2D eigenvalue weighted by molar-refractivity contribution is 6.30. The number of halogens is 1. The topological polar surface area (TPSA) is 99.3 Å². The van der Waals surface area contributed by atoms with Crippen molar-refractivity contribution in [3.63, 3.8) is 0 Å². The Hall–Kier alpha value is -4.17. The standard InChI is InChI=1S/C27H21ClN4O4/c1-14(2)29-25-23(32(34)35)27(20-12-5-8-16-7-4-11-19(21(16)20)24(27)33)22-15(3)30-31(26(22)36-25)18-10-6-9-17(28)13-18/h4-14,29H,1-3H3. The van der Waals surface area contributed by atoms with Crippen molar-refractivity contribution in [2.24, 2.45) is 0 Å². The zero-order valence-corrected chi connectivity index (χ0v) is 20.5. The number of aryl methyl sites for hydroxylation is 1. The van der Waals surface area contributed by atoms with Crippen LogP contribution >= 0.6 is 11.6 Å². The molecule has 36 heavy (non-hydrogen) atoms. The first-order valence-corrected chi connectivity index (χ1v) is 11.9. The van der Waals surface area contributed by atoms with Crippen molar-refractivity contribution in [2.75, 3.05) is 0 Å². The Morgan fingerprint density at radius 2 is 1.86 bits per heavy atom. The Bertz CT molecular complexity index is 1650. The minimum atomic E-state index is -1.74. The Morgan fingerprint density at radius 1 is 1.14 bits per heavy atom. The van der Waals surface area contributed by atoms with Crippen molar-refractivity contribution < 1.29 is 14.5 Å². The van der Waals surface area contributed by atoms with Crippen LogP contribution in [0, 0.1) is 17.0 Å². The summed E-state index contributed by atoms with van der Waals surface area (Å²) in [6.07, 6.45) is 0. The average molecular weight is 501 g/mol. The number of fused-ring (bicyclic) bond motifs is 3. The number of nitro groups is 1. The van der Waals surface area contributed by atoms with E-state index in [0.717, 1.165) is 5.39 Å². The zero-order chi connectivity index (χ0) is 25.4. The van der Waals surface area contributed by atoms with Gasteiger partial charge in [-0.1, -0.05) is 54.1 Å². The van der Waals surface area contributed by atoms with E-state index >= 15 is 0 Å². The highest BCUT2D eigenvalue weighted by Crippen LogP contribution is 2.57. The maximum absolute atomic E-state index is 14.4. The molecule has 8 nitrogen and oxygen atoms in total. The van der Waals surface area contributed by atoms with Gasteiger partial charge in [-0.2, -0.15) is 5.10 Å². The molecule has 1 unspecified atom stereocenters. The van der Waals surface area contributed by atoms with E-state index in [1.807, 2.05) is 38.1 Å². The summed E-state index contributed by atoms with van der Waals surface area (Å²) in [6.45, 7) is 5.43. The molecule has 4 aromatic rings. The number of hydrogen-bond acceptors (Lipinski definition) is 6. The van der Waals surface area contributed by atoms with Crippen molar-refractivity contribution in [1.82, 2.24) is 15.1 Å². The molecule has 2 heterocycles. The van der Waals surface area contributed by atoms with Gasteiger partial charge in [-0.05, 0) is 55.3 Å². The number of benzene rings is 3. The first-order chi connectivity index (χ1) is 17.2. The summed E-state index contributed by atoms with van der Waals surface area (Å²) in [5, 5.41) is 22.6. The number of Topliss-reactive ketones (excluding diaryl/α,β-unsaturated/α-hetero) is 1. The van der Waals surface area contributed by atoms with Crippen LogP contribution in [0.15, 0.2) is 72.2 Å². The fourth-order valence-corrected chi connectivity index (χ4v) is 5.66. The monoisotopic (exact) mass is 500 g/mol. The number of ketones is 1. The maximum Gasteiger partial charge on any atom is 0.328 e. The van der Waals surface area contributed by atoms with E-state index in [0.29, 0.717) is 38.5 Å². The minimum Gasteiger partial charge on any atom is -0.416 e. The lowest BCUT2D eigenvalue weighted by Gasteiger charge is -2.32. The molecule has 0 fully saturated rings. The van der Waals surface area contributed by atoms with Crippen molar-refractivity contribution >= 4 is 28.2 Å². The van der Waals surface area contributed by atoms with Gasteiger partial charge >= 0.3 is 5.70 Å². The van der Waals surface area contributed by atoms with Crippen molar-refractivity contribution in [2.45, 2.75) is 32.2 Å². The van der Waals surface area contributed by atoms with Gasteiger partial charge in [0.15, 0.2) is 11.2 Å². The molecule has 6 rings (SSSR count). The van der Waals surface area contributed by atoms with Crippen LogP contribution in [0.4, 0.5) is 0 Å². The Balaban J connectivity index is 1.78. The highest BCUT2D eigenvalue weighted by Gasteiger charge is 2.64. The van der Waals surface area contributed by atoms with Crippen LogP contribution in [0.1, 0.15) is 41.0 Å². The fourth-order valence-electron chi connectivity index (χ4n) is 5.48. The van der Waals surface area contributed by atoms with E-state index in [1.54, 1.807) is 48.0 Å². The van der Waals surface area contributed by atoms with Gasteiger partial charge in [0.05, 0.1) is 21.9 Å². The third-order valence-electron chi connectivity index (χ3n) is 6.71. The second kappa shape index (κ2) is 7.66. The van der Waals surface area contributed by atoms with E-state index in [1.165, 1.54) is 0 Å². The highest BCUT2D eigenvalue weighted by atomic mass is 35.5. The molecule has 1 spiro atoms. The van der Waals surface area contributed by atoms with E-state index in [9.17, 15) is 14.9 Å². The molecule has 3 aromatic carbocycles. The van der Waals surface area contributed by atoms with Gasteiger partial charge in [0.1, 0.15) is 0 Å². The number of nitrogens with one attached hydrogen (secondary N) is 1. The number of hydrogen-bond donors (Lipinski definition) is 1. The Kier molecular flexibility index (Phi) is 4.75. The predicted molar refractivity (Wildman–Crippen MR) is 135 cm³/mol. The number of aromatic nitrogens is 2. The number of allylic oxidation sites excluding steroid dienone is 1. The van der Waals surface area contributed by atoms with Crippen LogP contribution in [0.2, 0.25) is 5.02 Å². The molecule has 1 N–H and O–H groups in total. The minimum absolute atomic E-state index is 0.0798. The molecule has 2 aliphatic rings. The van der Waals surface area contributed by atoms with E-state index in [4.69, 9.17) is 21.4 Å². The molecule has 1 aliphatic heterocycles. The second-order valence-electron chi connectivity index (χ2n) is 9.28. The van der Waals surface area contributed by atoms with E-state index in [2.05, 4.69) is 5.32 Å². The molecular formula is C27H21ClN4O4. The second-order valence-corrected chi connectivity index (χ2v) is 9.72. The fraction of sp³-hybridized carbons (Fsp3) is 0.185. The molecule has 9 heteroatoms. The Labute approximate surface area is 211 Å². The summed E-state index contributed by atoms with van der Waals surface area (Å²) in [5.74, 6) is -0.215. The van der Waals surface area contributed by atoms with E-state index < -0.39 is 10.3 Å². The van der Waals surface area contributed by atoms with Crippen LogP contribution < -0.4 is 10.1 Å². The van der Waals surface area contributed by atoms with Crippen molar-refractivity contribution in [1.29, 1.82) is 0 Å². The van der Waals surface area contributed by atoms with Gasteiger partial charge in [-0.3, -0.25) is 14.9 Å². The lowest BCUT2D eigenvalue weighted by Crippen LogP contribution is -2.46. The third-order valence-corrected chi connectivity index (χ3v) is 6.95. The summed E-state index contributed by atoms with van der Waals surface area (Å²) < 4.78 is 7.77. The lowest BCUT2D eigenvalue weighted by atomic mass is 9.70. The molecule has 1 aliphatic carbocycles. The average Bonchev–Trinajstić information content (AvgIpc) is 3.28. The van der Waals surface area contributed by atoms with Gasteiger partial charge in [0.25, 0.3) is 5.88 Å². The molecular weight excluding hydrogens is 480 g/mol. The van der Waals surface area contributed by atoms with Crippen LogP contribution in [0.25, 0.3) is 16.5 Å². The first kappa shape index (κ1) is 22.3. The van der Waals surface area contributed by atoms with Crippen LogP contribution in [-0.4, -0.2) is 26.5 Å². The molecule has 180 valence electrons. The molecule has 0 bridgehead atoms. The molecule has 1 aromatic heterocycles. The normalized spacial score (nSPS) is 18.2. The molecule has 0 saturated carbocycles. The number of rotatable bonds is 4. The van der Waals surface area contributed by atoms with Gasteiger partial charge in [0.2, 0.25) is 5.88 Å². The number of nitrogens with zero attached hydrogens (tertiary/aromatic N) is 3. The van der Waals surface area contributed by atoms with Crippen LogP contribution in [0.3, 0.4) is 0 Å². The van der Waals surface area contributed by atoms with Gasteiger partial charge in [0, 0.05) is 16.6 Å². The van der Waals surface area contributed by atoms with Crippen molar-refractivity contribution in [3.8, 4) is 11.6 Å². The third kappa shape index (κ3) is 2.82. The smallest absolute Gasteiger partial charge is 0.328 e. The zero-order valence-electron chi connectivity index (χ0n) is 19.7. The largest absolute Gasteiger partial charge is 0.416 e. The predicted octanol–water partition coefficient (Wildman–Crippen LogP) is 5.31. The quantitative estimate of drug-likeness (QED) is 0.301. The number of ether oxygens (including phenoxy) is 1. The SMILES string of the molecule is Cc1nn(-c2cccc(Cl)c2)c2c1C1(C(=O)c3cccc4cccc1c34)C([N+](=O)[O-])=C(NC(C)C)O2.